The van der Waals surface area contributed by atoms with Gasteiger partial charge in [-0.2, -0.15) is 0 Å². The van der Waals surface area contributed by atoms with Gasteiger partial charge in [0.2, 0.25) is 0 Å². The maximum absolute atomic E-state index is 4.08. The van der Waals surface area contributed by atoms with Gasteiger partial charge in [-0.05, 0) is 29.3 Å². The van der Waals surface area contributed by atoms with Gasteiger partial charge in [-0.3, -0.25) is 4.99 Å². The first-order chi connectivity index (χ1) is 4.79. The van der Waals surface area contributed by atoms with E-state index >= 15 is 0 Å². The zero-order valence-corrected chi connectivity index (χ0v) is 8.40. The van der Waals surface area contributed by atoms with E-state index in [1.54, 1.807) is 0 Å². The minimum absolute atomic E-state index is 1.07. The van der Waals surface area contributed by atoms with Crippen LogP contribution in [0.1, 0.15) is 33.6 Å². The maximum atomic E-state index is 4.08. The third-order valence-corrected chi connectivity index (χ3v) is 1.75. The Balaban J connectivity index is 0.000000371. The summed E-state index contributed by atoms with van der Waals surface area (Å²) < 4.78 is 1.07. The fraction of sp³-hybridized carbons (Fsp3) is 0.625. The fourth-order valence-corrected chi connectivity index (χ4v) is 0.910. The second kappa shape index (κ2) is 5.66. The largest absolute Gasteiger partial charge is 0.254 e. The van der Waals surface area contributed by atoms with Crippen molar-refractivity contribution >= 4 is 20.6 Å². The first-order valence-electron chi connectivity index (χ1n) is 3.67. The van der Waals surface area contributed by atoms with E-state index in [0.717, 1.165) is 17.5 Å². The fourth-order valence-electron chi connectivity index (χ4n) is 0.610. The molecule has 1 nitrogen and oxygen atoms in total. The molecule has 1 aliphatic rings. The minimum atomic E-state index is 1.07. The van der Waals surface area contributed by atoms with Crippen LogP contribution in [0.2, 0.25) is 0 Å². The zero-order valence-electron chi connectivity index (χ0n) is 6.82. The Hall–Kier alpha value is -0.110. The van der Waals surface area contributed by atoms with Crippen molar-refractivity contribution < 1.29 is 0 Å². The van der Waals surface area contributed by atoms with Crippen LogP contribution in [0.15, 0.2) is 16.8 Å². The van der Waals surface area contributed by atoms with Crippen LogP contribution in [0, 0.1) is 0 Å². The van der Waals surface area contributed by atoms with E-state index in [9.17, 15) is 0 Å². The predicted molar refractivity (Wildman–Crippen MR) is 50.7 cm³/mol. The van der Waals surface area contributed by atoms with E-state index in [4.69, 9.17) is 0 Å². The Kier molecular flexibility index (Phi) is 5.60. The molecular formula is C8H14BrN. The summed E-state index contributed by atoms with van der Waals surface area (Å²) >= 11 is 3.32. The summed E-state index contributed by atoms with van der Waals surface area (Å²) in [5, 5.41) is 0. The number of hydrogen-bond acceptors (Lipinski definition) is 1. The van der Waals surface area contributed by atoms with E-state index in [1.165, 1.54) is 5.57 Å². The van der Waals surface area contributed by atoms with Gasteiger partial charge in [-0.15, -0.1) is 0 Å². The van der Waals surface area contributed by atoms with Crippen molar-refractivity contribution in [1.82, 2.24) is 0 Å². The van der Waals surface area contributed by atoms with Crippen molar-refractivity contribution in [1.29, 1.82) is 0 Å². The van der Waals surface area contributed by atoms with Crippen LogP contribution in [0.4, 0.5) is 0 Å². The molecule has 0 aromatic rings. The number of nitrogens with zero attached hydrogens (tertiary/aromatic N) is 1. The third-order valence-electron chi connectivity index (χ3n) is 1.15. The van der Waals surface area contributed by atoms with E-state index < -0.39 is 0 Å². The van der Waals surface area contributed by atoms with Crippen LogP contribution >= 0.6 is 15.9 Å². The first kappa shape index (κ1) is 9.89. The van der Waals surface area contributed by atoms with Crippen LogP contribution in [0.3, 0.4) is 0 Å². The molecule has 1 aliphatic heterocycles. The average molecular weight is 204 g/mol. The maximum Gasteiger partial charge on any atom is 0.0832 e. The number of rotatable bonds is 0. The molecule has 0 aromatic carbocycles. The molecule has 0 N–H and O–H groups in total. The zero-order chi connectivity index (χ0) is 7.98. The Morgan fingerprint density at radius 1 is 1.40 bits per heavy atom. The Labute approximate surface area is 71.4 Å². The monoisotopic (exact) mass is 203 g/mol. The topological polar surface area (TPSA) is 12.4 Å². The lowest BCUT2D eigenvalue weighted by Crippen LogP contribution is -1.91. The highest BCUT2D eigenvalue weighted by Crippen LogP contribution is 2.13. The number of allylic oxidation sites excluding steroid dienone is 1. The van der Waals surface area contributed by atoms with E-state index in [-0.39, 0.29) is 0 Å². The second-order valence-electron chi connectivity index (χ2n) is 1.98. The van der Waals surface area contributed by atoms with Crippen LogP contribution in [0.25, 0.3) is 0 Å². The molecule has 1 rings (SSSR count). The lowest BCUT2D eigenvalue weighted by atomic mass is 10.2. The molecule has 0 spiro atoms. The molecule has 0 radical (unpaired) electrons. The quantitative estimate of drug-likeness (QED) is 0.572. The van der Waals surface area contributed by atoms with Crippen LogP contribution in [-0.2, 0) is 0 Å². The molecular weight excluding hydrogens is 190 g/mol. The summed E-state index contributed by atoms with van der Waals surface area (Å²) in [5.74, 6) is 0. The molecule has 1 heterocycles. The Morgan fingerprint density at radius 2 is 2.00 bits per heavy atom. The Morgan fingerprint density at radius 3 is 2.30 bits per heavy atom. The summed E-state index contributed by atoms with van der Waals surface area (Å²) in [6.07, 6.45) is 4.14. The number of halogens is 1. The normalized spacial score (nSPS) is 16.4. The van der Waals surface area contributed by atoms with Gasteiger partial charge < -0.3 is 0 Å². The lowest BCUT2D eigenvalue weighted by Gasteiger charge is -2.03. The van der Waals surface area contributed by atoms with Crippen LogP contribution in [0.5, 0.6) is 0 Å². The van der Waals surface area contributed by atoms with Crippen molar-refractivity contribution in [3.8, 4) is 0 Å². The molecule has 0 saturated heterocycles. The summed E-state index contributed by atoms with van der Waals surface area (Å²) in [6.45, 7) is 6.10. The van der Waals surface area contributed by atoms with Crippen molar-refractivity contribution in [2.75, 3.05) is 0 Å². The summed E-state index contributed by atoms with van der Waals surface area (Å²) in [5.41, 5.74) is 1.37. The molecule has 0 fully saturated rings. The summed E-state index contributed by atoms with van der Waals surface area (Å²) in [7, 11) is 0. The predicted octanol–water partition coefficient (Wildman–Crippen LogP) is 3.50. The van der Waals surface area contributed by atoms with Crippen molar-refractivity contribution in [2.24, 2.45) is 4.99 Å². The van der Waals surface area contributed by atoms with E-state index in [1.807, 2.05) is 20.0 Å². The van der Waals surface area contributed by atoms with Gasteiger partial charge in [0.1, 0.15) is 0 Å². The molecule has 58 valence electrons. The molecule has 10 heavy (non-hydrogen) atoms. The van der Waals surface area contributed by atoms with Gasteiger partial charge in [-0.1, -0.05) is 19.4 Å². The SMILES string of the molecule is CC.CC1=CN=C(Br)CC1. The van der Waals surface area contributed by atoms with Gasteiger partial charge in [0.15, 0.2) is 0 Å². The van der Waals surface area contributed by atoms with Crippen molar-refractivity contribution in [2.45, 2.75) is 33.6 Å². The standard InChI is InChI=1S/C6H8BrN.C2H6/c1-5-2-3-6(7)8-4-5;1-2/h4H,2-3H2,1H3;1-2H3. The molecule has 2 heteroatoms. The van der Waals surface area contributed by atoms with E-state index in [0.29, 0.717) is 0 Å². The van der Waals surface area contributed by atoms with Crippen molar-refractivity contribution in [3.05, 3.63) is 11.8 Å². The molecule has 0 bridgehead atoms. The molecule has 0 amide bonds. The third kappa shape index (κ3) is 3.83. The van der Waals surface area contributed by atoms with Gasteiger partial charge in [-0.25, -0.2) is 0 Å². The number of hydrogen-bond donors (Lipinski definition) is 0. The highest BCUT2D eigenvalue weighted by molar-refractivity contribution is 9.18. The van der Waals surface area contributed by atoms with Gasteiger partial charge >= 0.3 is 0 Å². The van der Waals surface area contributed by atoms with Gasteiger partial charge in [0.05, 0.1) is 4.62 Å². The van der Waals surface area contributed by atoms with Crippen molar-refractivity contribution in [3.63, 3.8) is 0 Å². The van der Waals surface area contributed by atoms with Gasteiger partial charge in [0, 0.05) is 12.6 Å². The molecule has 0 aliphatic carbocycles. The lowest BCUT2D eigenvalue weighted by molar-refractivity contribution is 0.991. The summed E-state index contributed by atoms with van der Waals surface area (Å²) in [4.78, 5) is 4.08. The van der Waals surface area contributed by atoms with Gasteiger partial charge in [0.25, 0.3) is 0 Å². The average Bonchev–Trinajstić information content (AvgIpc) is 2.00. The number of aliphatic imine (C=N–C) groups is 1. The van der Waals surface area contributed by atoms with Crippen LogP contribution in [-0.4, -0.2) is 4.62 Å². The highest BCUT2D eigenvalue weighted by atomic mass is 79.9. The highest BCUT2D eigenvalue weighted by Gasteiger charge is 1.98. The van der Waals surface area contributed by atoms with Crippen LogP contribution < -0.4 is 0 Å². The minimum Gasteiger partial charge on any atom is -0.254 e. The molecule has 0 saturated carbocycles. The van der Waals surface area contributed by atoms with E-state index in [2.05, 4.69) is 27.8 Å². The first-order valence-corrected chi connectivity index (χ1v) is 4.46. The second-order valence-corrected chi connectivity index (χ2v) is 2.90. The summed E-state index contributed by atoms with van der Waals surface area (Å²) in [6, 6.07) is 0. The molecule has 0 atom stereocenters. The Bertz CT molecular complexity index is 129. The molecule has 0 aromatic heterocycles. The smallest absolute Gasteiger partial charge is 0.0832 e. The molecule has 0 unspecified atom stereocenters.